The van der Waals surface area contributed by atoms with Gasteiger partial charge in [0.15, 0.2) is 17.8 Å². The standard InChI is InChI=1S/C13H12N2O5/c1-3-19-13(16)11-12(20-7-14-11)10-8(2)5-4-6-9(10)15(17)18/h4-7H,3H2,1-2H3. The minimum absolute atomic E-state index is 0.0493. The third-order valence-electron chi connectivity index (χ3n) is 2.71. The summed E-state index contributed by atoms with van der Waals surface area (Å²) in [5.41, 5.74) is 0.635. The van der Waals surface area contributed by atoms with Crippen LogP contribution in [0.25, 0.3) is 11.3 Å². The molecule has 0 bridgehead atoms. The van der Waals surface area contributed by atoms with Crippen molar-refractivity contribution in [3.05, 3.63) is 46.0 Å². The molecule has 1 aromatic heterocycles. The minimum Gasteiger partial charge on any atom is -0.461 e. The van der Waals surface area contributed by atoms with Crippen molar-refractivity contribution < 1.29 is 18.9 Å². The van der Waals surface area contributed by atoms with Crippen LogP contribution in [0.1, 0.15) is 23.0 Å². The number of nitrogens with zero attached hydrogens (tertiary/aromatic N) is 2. The van der Waals surface area contributed by atoms with Gasteiger partial charge in [0.25, 0.3) is 5.69 Å². The van der Waals surface area contributed by atoms with E-state index in [1.807, 2.05) is 0 Å². The smallest absolute Gasteiger partial charge is 0.360 e. The number of ether oxygens (including phenoxy) is 1. The second-order valence-electron chi connectivity index (χ2n) is 3.98. The fraction of sp³-hybridized carbons (Fsp3) is 0.231. The molecule has 0 spiro atoms. The maximum Gasteiger partial charge on any atom is 0.360 e. The van der Waals surface area contributed by atoms with Crippen LogP contribution in [0.2, 0.25) is 0 Å². The van der Waals surface area contributed by atoms with E-state index in [0.717, 1.165) is 6.39 Å². The van der Waals surface area contributed by atoms with Gasteiger partial charge in [0.2, 0.25) is 0 Å². The van der Waals surface area contributed by atoms with E-state index in [1.165, 1.54) is 6.07 Å². The number of hydrogen-bond donors (Lipinski definition) is 0. The molecule has 0 amide bonds. The lowest BCUT2D eigenvalue weighted by atomic mass is 10.0. The molecule has 0 saturated carbocycles. The summed E-state index contributed by atoms with van der Waals surface area (Å²) in [6.45, 7) is 3.54. The first-order valence-electron chi connectivity index (χ1n) is 5.91. The average Bonchev–Trinajstić information content (AvgIpc) is 2.87. The lowest BCUT2D eigenvalue weighted by Crippen LogP contribution is -2.07. The van der Waals surface area contributed by atoms with Gasteiger partial charge in [-0.2, -0.15) is 0 Å². The summed E-state index contributed by atoms with van der Waals surface area (Å²) in [6.07, 6.45) is 1.07. The summed E-state index contributed by atoms with van der Waals surface area (Å²) in [5.74, 6) is -0.623. The van der Waals surface area contributed by atoms with E-state index in [0.29, 0.717) is 5.56 Å². The van der Waals surface area contributed by atoms with Crippen LogP contribution < -0.4 is 0 Å². The van der Waals surface area contributed by atoms with Gasteiger partial charge in [-0.1, -0.05) is 12.1 Å². The van der Waals surface area contributed by atoms with Gasteiger partial charge in [-0.3, -0.25) is 10.1 Å². The summed E-state index contributed by atoms with van der Waals surface area (Å²) in [5, 5.41) is 11.1. The molecule has 1 aromatic carbocycles. The van der Waals surface area contributed by atoms with E-state index in [2.05, 4.69) is 4.98 Å². The van der Waals surface area contributed by atoms with Crippen molar-refractivity contribution >= 4 is 11.7 Å². The predicted octanol–water partition coefficient (Wildman–Crippen LogP) is 2.73. The number of carbonyl (C=O) groups excluding carboxylic acids is 1. The molecule has 0 aliphatic rings. The topological polar surface area (TPSA) is 95.5 Å². The highest BCUT2D eigenvalue weighted by atomic mass is 16.6. The van der Waals surface area contributed by atoms with Crippen LogP contribution in [-0.4, -0.2) is 22.5 Å². The van der Waals surface area contributed by atoms with E-state index in [-0.39, 0.29) is 29.3 Å². The van der Waals surface area contributed by atoms with Crippen LogP contribution in [0.5, 0.6) is 0 Å². The van der Waals surface area contributed by atoms with Crippen molar-refractivity contribution in [2.45, 2.75) is 13.8 Å². The number of oxazole rings is 1. The van der Waals surface area contributed by atoms with E-state index in [4.69, 9.17) is 9.15 Å². The van der Waals surface area contributed by atoms with Gasteiger partial charge in [0, 0.05) is 6.07 Å². The molecule has 7 heteroatoms. The number of esters is 1. The minimum atomic E-state index is -0.672. The summed E-state index contributed by atoms with van der Waals surface area (Å²) >= 11 is 0. The second kappa shape index (κ2) is 5.52. The number of rotatable bonds is 4. The van der Waals surface area contributed by atoms with Crippen molar-refractivity contribution in [3.63, 3.8) is 0 Å². The van der Waals surface area contributed by atoms with Crippen molar-refractivity contribution in [1.29, 1.82) is 0 Å². The van der Waals surface area contributed by atoms with Crippen LogP contribution in [0.15, 0.2) is 29.0 Å². The van der Waals surface area contributed by atoms with Crippen LogP contribution >= 0.6 is 0 Å². The zero-order valence-electron chi connectivity index (χ0n) is 11.0. The van der Waals surface area contributed by atoms with Crippen molar-refractivity contribution in [2.75, 3.05) is 6.61 Å². The Bertz CT molecular complexity index is 663. The molecule has 1 heterocycles. The Kier molecular flexibility index (Phi) is 3.79. The lowest BCUT2D eigenvalue weighted by molar-refractivity contribution is -0.384. The van der Waals surface area contributed by atoms with E-state index >= 15 is 0 Å². The number of nitro groups is 1. The van der Waals surface area contributed by atoms with Crippen LogP contribution in [0, 0.1) is 17.0 Å². The van der Waals surface area contributed by atoms with Gasteiger partial charge < -0.3 is 9.15 Å². The van der Waals surface area contributed by atoms with E-state index in [1.54, 1.807) is 26.0 Å². The van der Waals surface area contributed by atoms with Crippen molar-refractivity contribution in [1.82, 2.24) is 4.98 Å². The fourth-order valence-corrected chi connectivity index (χ4v) is 1.87. The quantitative estimate of drug-likeness (QED) is 0.484. The normalized spacial score (nSPS) is 10.3. The number of aromatic nitrogens is 1. The Labute approximate surface area is 114 Å². The largest absolute Gasteiger partial charge is 0.461 e. The zero-order chi connectivity index (χ0) is 14.7. The molecule has 2 rings (SSSR count). The molecule has 104 valence electrons. The maximum atomic E-state index is 11.8. The first-order valence-corrected chi connectivity index (χ1v) is 5.91. The van der Waals surface area contributed by atoms with E-state index in [9.17, 15) is 14.9 Å². The molecule has 0 aliphatic carbocycles. The molecule has 0 atom stereocenters. The van der Waals surface area contributed by atoms with Gasteiger partial charge in [-0.15, -0.1) is 0 Å². The molecule has 0 fully saturated rings. The monoisotopic (exact) mass is 276 g/mol. The van der Waals surface area contributed by atoms with E-state index < -0.39 is 10.9 Å². The Balaban J connectivity index is 2.61. The van der Waals surface area contributed by atoms with Gasteiger partial charge in [-0.05, 0) is 19.4 Å². The number of benzene rings is 1. The molecule has 20 heavy (non-hydrogen) atoms. The number of nitro benzene ring substituents is 1. The number of hydrogen-bond acceptors (Lipinski definition) is 6. The highest BCUT2D eigenvalue weighted by Crippen LogP contribution is 2.34. The third kappa shape index (κ3) is 2.37. The van der Waals surface area contributed by atoms with Crippen LogP contribution in [0.4, 0.5) is 5.69 Å². The first-order chi connectivity index (χ1) is 9.56. The SMILES string of the molecule is CCOC(=O)c1ncoc1-c1c(C)cccc1[N+](=O)[O-]. The highest BCUT2D eigenvalue weighted by molar-refractivity contribution is 5.95. The molecule has 0 aliphatic heterocycles. The second-order valence-corrected chi connectivity index (χ2v) is 3.98. The molecule has 0 saturated heterocycles. The molecular weight excluding hydrogens is 264 g/mol. The Morgan fingerprint density at radius 1 is 1.50 bits per heavy atom. The summed E-state index contributed by atoms with van der Waals surface area (Å²) in [4.78, 5) is 26.1. The van der Waals surface area contributed by atoms with Crippen LogP contribution in [0.3, 0.4) is 0 Å². The molecule has 0 radical (unpaired) electrons. The third-order valence-corrected chi connectivity index (χ3v) is 2.71. The van der Waals surface area contributed by atoms with Gasteiger partial charge in [0.1, 0.15) is 5.56 Å². The molecular formula is C13H12N2O5. The Morgan fingerprint density at radius 3 is 2.90 bits per heavy atom. The maximum absolute atomic E-state index is 11.8. The molecule has 7 nitrogen and oxygen atoms in total. The summed E-state index contributed by atoms with van der Waals surface area (Å²) < 4.78 is 10.0. The predicted molar refractivity (Wildman–Crippen MR) is 69.3 cm³/mol. The van der Waals surface area contributed by atoms with Gasteiger partial charge in [0.05, 0.1) is 11.5 Å². The molecule has 2 aromatic rings. The average molecular weight is 276 g/mol. The highest BCUT2D eigenvalue weighted by Gasteiger charge is 2.27. The lowest BCUT2D eigenvalue weighted by Gasteiger charge is -2.05. The Hall–Kier alpha value is -2.70. The van der Waals surface area contributed by atoms with Crippen LogP contribution in [-0.2, 0) is 4.74 Å². The number of aryl methyl sites for hydroxylation is 1. The van der Waals surface area contributed by atoms with Gasteiger partial charge in [-0.25, -0.2) is 9.78 Å². The molecule has 0 N–H and O–H groups in total. The first kappa shape index (κ1) is 13.7. The zero-order valence-corrected chi connectivity index (χ0v) is 11.0. The summed E-state index contributed by atoms with van der Waals surface area (Å²) in [7, 11) is 0. The van der Waals surface area contributed by atoms with Crippen molar-refractivity contribution in [2.24, 2.45) is 0 Å². The van der Waals surface area contributed by atoms with Gasteiger partial charge >= 0.3 is 5.97 Å². The Morgan fingerprint density at radius 2 is 2.25 bits per heavy atom. The summed E-state index contributed by atoms with van der Waals surface area (Å²) in [6, 6.07) is 4.61. The van der Waals surface area contributed by atoms with Crippen molar-refractivity contribution in [3.8, 4) is 11.3 Å². The fourth-order valence-electron chi connectivity index (χ4n) is 1.87. The number of carbonyl (C=O) groups is 1. The molecule has 0 unspecified atom stereocenters.